The maximum atomic E-state index is 13.2. The van der Waals surface area contributed by atoms with Crippen LogP contribution >= 0.6 is 0 Å². The second kappa shape index (κ2) is 9.11. The number of para-hydroxylation sites is 1. The van der Waals surface area contributed by atoms with Gasteiger partial charge in [0.1, 0.15) is 0 Å². The number of aryl methyl sites for hydroxylation is 1. The third kappa shape index (κ3) is 4.75. The van der Waals surface area contributed by atoms with Crippen molar-refractivity contribution in [2.75, 3.05) is 0 Å². The van der Waals surface area contributed by atoms with Crippen molar-refractivity contribution < 1.29 is 4.79 Å². The standard InChI is InChI=1S/C28H35N3O/c1-19-5-4-6-21(15-19)25(16-28(32)30-23-13-11-22(29)12-14-23)26-18-31(17-20-9-10-20)27-8-3-2-7-24(26)27/h2-8,15,18,20,22-23,25H,9-14,16-17,29H2,1H3,(H,30,32). The Morgan fingerprint density at radius 2 is 1.84 bits per heavy atom. The van der Waals surface area contributed by atoms with Crippen molar-refractivity contribution >= 4 is 16.8 Å². The van der Waals surface area contributed by atoms with Crippen molar-refractivity contribution in [3.8, 4) is 0 Å². The summed E-state index contributed by atoms with van der Waals surface area (Å²) >= 11 is 0. The maximum Gasteiger partial charge on any atom is 0.221 e. The highest BCUT2D eigenvalue weighted by atomic mass is 16.1. The second-order valence-corrected chi connectivity index (χ2v) is 10.0. The molecule has 1 amide bonds. The summed E-state index contributed by atoms with van der Waals surface area (Å²) in [7, 11) is 0. The molecule has 0 aliphatic heterocycles. The van der Waals surface area contributed by atoms with Crippen LogP contribution in [0.1, 0.15) is 67.6 Å². The van der Waals surface area contributed by atoms with Crippen LogP contribution in [0.2, 0.25) is 0 Å². The van der Waals surface area contributed by atoms with Gasteiger partial charge in [-0.25, -0.2) is 0 Å². The van der Waals surface area contributed by atoms with Crippen molar-refractivity contribution in [1.29, 1.82) is 0 Å². The molecule has 2 aliphatic carbocycles. The van der Waals surface area contributed by atoms with Crippen LogP contribution in [-0.2, 0) is 11.3 Å². The molecule has 1 atom stereocenters. The number of nitrogens with one attached hydrogen (secondary N) is 1. The lowest BCUT2D eigenvalue weighted by molar-refractivity contribution is -0.122. The van der Waals surface area contributed by atoms with Crippen LogP contribution in [0.3, 0.4) is 0 Å². The Morgan fingerprint density at radius 3 is 2.59 bits per heavy atom. The van der Waals surface area contributed by atoms with Crippen molar-refractivity contribution in [2.24, 2.45) is 11.7 Å². The minimum atomic E-state index is 0.0473. The lowest BCUT2D eigenvalue weighted by atomic mass is 9.86. The van der Waals surface area contributed by atoms with Gasteiger partial charge in [-0.05, 0) is 68.6 Å². The van der Waals surface area contributed by atoms with Crippen LogP contribution in [0.4, 0.5) is 0 Å². The van der Waals surface area contributed by atoms with Gasteiger partial charge in [-0.3, -0.25) is 4.79 Å². The molecule has 5 rings (SSSR count). The minimum Gasteiger partial charge on any atom is -0.353 e. The zero-order valence-corrected chi connectivity index (χ0v) is 19.1. The largest absolute Gasteiger partial charge is 0.353 e. The average Bonchev–Trinajstić information content (AvgIpc) is 3.54. The zero-order chi connectivity index (χ0) is 22.1. The van der Waals surface area contributed by atoms with E-state index in [9.17, 15) is 4.79 Å². The summed E-state index contributed by atoms with van der Waals surface area (Å²) in [6.07, 6.45) is 9.44. The van der Waals surface area contributed by atoms with Gasteiger partial charge in [-0.1, -0.05) is 48.0 Å². The van der Waals surface area contributed by atoms with E-state index >= 15 is 0 Å². The highest BCUT2D eigenvalue weighted by molar-refractivity contribution is 5.86. The molecule has 0 spiro atoms. The predicted molar refractivity (Wildman–Crippen MR) is 131 cm³/mol. The second-order valence-electron chi connectivity index (χ2n) is 10.0. The van der Waals surface area contributed by atoms with Crippen LogP contribution in [-0.4, -0.2) is 22.6 Å². The summed E-state index contributed by atoms with van der Waals surface area (Å²) in [4.78, 5) is 13.2. The molecule has 0 radical (unpaired) electrons. The summed E-state index contributed by atoms with van der Waals surface area (Å²) in [5.74, 6) is 0.999. The van der Waals surface area contributed by atoms with Gasteiger partial charge < -0.3 is 15.6 Å². The number of rotatable bonds is 7. The number of hydrogen-bond donors (Lipinski definition) is 2. The Balaban J connectivity index is 1.46. The molecule has 3 aromatic rings. The number of carbonyl (C=O) groups is 1. The van der Waals surface area contributed by atoms with Crippen molar-refractivity contribution in [3.05, 3.63) is 71.4 Å². The van der Waals surface area contributed by atoms with Crippen LogP contribution < -0.4 is 11.1 Å². The molecule has 2 aliphatic rings. The number of fused-ring (bicyclic) bond motifs is 1. The van der Waals surface area contributed by atoms with Gasteiger partial charge >= 0.3 is 0 Å². The van der Waals surface area contributed by atoms with Gasteiger partial charge in [0.2, 0.25) is 5.91 Å². The maximum absolute atomic E-state index is 13.2. The zero-order valence-electron chi connectivity index (χ0n) is 19.1. The van der Waals surface area contributed by atoms with E-state index < -0.39 is 0 Å². The fourth-order valence-corrected chi connectivity index (χ4v) is 5.31. The molecule has 2 saturated carbocycles. The number of hydrogen-bond acceptors (Lipinski definition) is 2. The summed E-state index contributed by atoms with van der Waals surface area (Å²) < 4.78 is 2.42. The number of benzene rings is 2. The van der Waals surface area contributed by atoms with E-state index in [1.807, 2.05) is 0 Å². The van der Waals surface area contributed by atoms with E-state index in [1.165, 1.54) is 40.4 Å². The lowest BCUT2D eigenvalue weighted by Gasteiger charge is -2.27. The average molecular weight is 430 g/mol. The van der Waals surface area contributed by atoms with Gasteiger partial charge in [0, 0.05) is 48.1 Å². The number of aromatic nitrogens is 1. The van der Waals surface area contributed by atoms with Gasteiger partial charge in [0.05, 0.1) is 0 Å². The fraction of sp³-hybridized carbons (Fsp3) is 0.464. The van der Waals surface area contributed by atoms with E-state index in [4.69, 9.17) is 5.73 Å². The first-order valence-corrected chi connectivity index (χ1v) is 12.3. The predicted octanol–water partition coefficient (Wildman–Crippen LogP) is 5.27. The quantitative estimate of drug-likeness (QED) is 0.538. The van der Waals surface area contributed by atoms with E-state index in [-0.39, 0.29) is 17.9 Å². The van der Waals surface area contributed by atoms with E-state index in [0.717, 1.165) is 38.1 Å². The lowest BCUT2D eigenvalue weighted by Crippen LogP contribution is -2.40. The third-order valence-electron chi connectivity index (χ3n) is 7.32. The number of nitrogens with zero attached hydrogens (tertiary/aromatic N) is 1. The molecule has 168 valence electrons. The Bertz CT molecular complexity index is 1090. The van der Waals surface area contributed by atoms with Crippen molar-refractivity contribution in [2.45, 2.75) is 76.4 Å². The van der Waals surface area contributed by atoms with Gasteiger partial charge in [-0.15, -0.1) is 0 Å². The Hall–Kier alpha value is -2.59. The first kappa shape index (κ1) is 21.3. The number of amides is 1. The topological polar surface area (TPSA) is 60.1 Å². The molecular formula is C28H35N3O. The molecule has 1 unspecified atom stereocenters. The smallest absolute Gasteiger partial charge is 0.221 e. The Morgan fingerprint density at radius 1 is 1.06 bits per heavy atom. The molecule has 2 aromatic carbocycles. The van der Waals surface area contributed by atoms with E-state index in [0.29, 0.717) is 12.5 Å². The summed E-state index contributed by atoms with van der Waals surface area (Å²) in [6, 6.07) is 17.9. The highest BCUT2D eigenvalue weighted by Crippen LogP contribution is 2.38. The molecule has 1 aromatic heterocycles. The first-order chi connectivity index (χ1) is 15.6. The monoisotopic (exact) mass is 429 g/mol. The fourth-order valence-electron chi connectivity index (χ4n) is 5.31. The molecule has 0 bridgehead atoms. The van der Waals surface area contributed by atoms with Crippen LogP contribution in [0.15, 0.2) is 54.7 Å². The van der Waals surface area contributed by atoms with E-state index in [2.05, 4.69) is 71.5 Å². The third-order valence-corrected chi connectivity index (χ3v) is 7.32. The van der Waals surface area contributed by atoms with Crippen molar-refractivity contribution in [3.63, 3.8) is 0 Å². The molecule has 4 heteroatoms. The summed E-state index contributed by atoms with van der Waals surface area (Å²) in [5.41, 5.74) is 11.1. The molecule has 0 saturated heterocycles. The normalized spacial score (nSPS) is 22.1. The highest BCUT2D eigenvalue weighted by Gasteiger charge is 2.27. The summed E-state index contributed by atoms with van der Waals surface area (Å²) in [6.45, 7) is 3.21. The van der Waals surface area contributed by atoms with Gasteiger partial charge in [0.25, 0.3) is 0 Å². The number of carbonyl (C=O) groups excluding carboxylic acids is 1. The molecule has 4 nitrogen and oxygen atoms in total. The SMILES string of the molecule is Cc1cccc(C(CC(=O)NC2CCC(N)CC2)c2cn(CC3CC3)c3ccccc23)c1. The summed E-state index contributed by atoms with van der Waals surface area (Å²) in [5, 5.41) is 4.59. The van der Waals surface area contributed by atoms with Gasteiger partial charge in [-0.2, -0.15) is 0 Å². The van der Waals surface area contributed by atoms with Crippen molar-refractivity contribution in [1.82, 2.24) is 9.88 Å². The first-order valence-electron chi connectivity index (χ1n) is 12.3. The van der Waals surface area contributed by atoms with E-state index in [1.54, 1.807) is 0 Å². The molecule has 3 N–H and O–H groups in total. The van der Waals surface area contributed by atoms with Crippen LogP contribution in [0.5, 0.6) is 0 Å². The molecule has 1 heterocycles. The molecule has 2 fully saturated rings. The Labute approximate surface area is 191 Å². The molecule has 32 heavy (non-hydrogen) atoms. The van der Waals surface area contributed by atoms with Crippen LogP contribution in [0, 0.1) is 12.8 Å². The minimum absolute atomic E-state index is 0.0473. The van der Waals surface area contributed by atoms with Crippen LogP contribution in [0.25, 0.3) is 10.9 Å². The number of nitrogens with two attached hydrogens (primary N) is 1. The molecular weight excluding hydrogens is 394 g/mol. The Kier molecular flexibility index (Phi) is 6.05. The van der Waals surface area contributed by atoms with Gasteiger partial charge in [0.15, 0.2) is 0 Å².